The van der Waals surface area contributed by atoms with Crippen molar-refractivity contribution in [3.8, 4) is 0 Å². The van der Waals surface area contributed by atoms with Crippen molar-refractivity contribution in [2.75, 3.05) is 17.2 Å². The molecule has 7 heteroatoms. The van der Waals surface area contributed by atoms with E-state index in [1.165, 1.54) is 37.7 Å². The second-order valence-electron chi connectivity index (χ2n) is 9.31. The molecule has 0 bridgehead atoms. The Morgan fingerprint density at radius 3 is 2.39 bits per heavy atom. The Hall–Kier alpha value is -2.21. The molecule has 4 rings (SSSR count). The first-order valence-electron chi connectivity index (χ1n) is 11.8. The van der Waals surface area contributed by atoms with E-state index in [-0.39, 0.29) is 13.0 Å². The van der Waals surface area contributed by atoms with Gasteiger partial charge in [0.05, 0.1) is 10.7 Å². The second kappa shape index (κ2) is 10.4. The van der Waals surface area contributed by atoms with Crippen LogP contribution < -0.4 is 10.6 Å². The first-order chi connectivity index (χ1) is 15.8. The Morgan fingerprint density at radius 2 is 1.70 bits per heavy atom. The van der Waals surface area contributed by atoms with Gasteiger partial charge in [-0.05, 0) is 54.0 Å². The van der Waals surface area contributed by atoms with Crippen molar-refractivity contribution in [2.24, 2.45) is 11.8 Å². The molecule has 1 heterocycles. The molecule has 1 unspecified atom stereocenters. The Balaban J connectivity index is 1.41. The monoisotopic (exact) mass is 478 g/mol. The number of ketones is 1. The summed E-state index contributed by atoms with van der Waals surface area (Å²) in [5, 5.41) is 6.92. The summed E-state index contributed by atoms with van der Waals surface area (Å²) >= 11 is 6.45. The Morgan fingerprint density at radius 1 is 1.00 bits per heavy atom. The molecule has 2 aliphatic rings. The van der Waals surface area contributed by atoms with Gasteiger partial charge in [-0.15, -0.1) is 0 Å². The fraction of sp³-hybridized carbons (Fsp3) is 0.500. The van der Waals surface area contributed by atoms with Gasteiger partial charge in [0.2, 0.25) is 5.78 Å². The number of carbonyl (C=O) groups excluding carboxylic acids is 1. The third-order valence-corrected chi connectivity index (χ3v) is 7.25. The van der Waals surface area contributed by atoms with E-state index in [0.717, 1.165) is 29.2 Å². The highest BCUT2D eigenvalue weighted by molar-refractivity contribution is 6.33. The molecule has 0 aromatic heterocycles. The van der Waals surface area contributed by atoms with Crippen molar-refractivity contribution >= 4 is 28.8 Å². The van der Waals surface area contributed by atoms with E-state index in [1.54, 1.807) is 12.1 Å². The summed E-state index contributed by atoms with van der Waals surface area (Å²) in [5.74, 6) is -1.97. The van der Waals surface area contributed by atoms with Crippen molar-refractivity contribution in [1.82, 2.24) is 0 Å². The van der Waals surface area contributed by atoms with E-state index >= 15 is 0 Å². The second-order valence-corrected chi connectivity index (χ2v) is 9.71. The number of halogens is 4. The van der Waals surface area contributed by atoms with Gasteiger partial charge in [-0.1, -0.05) is 68.0 Å². The van der Waals surface area contributed by atoms with Crippen LogP contribution in [0.5, 0.6) is 0 Å². The quantitative estimate of drug-likeness (QED) is 0.462. The Kier molecular flexibility index (Phi) is 7.52. The highest BCUT2D eigenvalue weighted by Crippen LogP contribution is 2.37. The fourth-order valence-electron chi connectivity index (χ4n) is 5.05. The maximum Gasteiger partial charge on any atom is 0.450 e. The lowest BCUT2D eigenvalue weighted by Gasteiger charge is -2.21. The summed E-state index contributed by atoms with van der Waals surface area (Å²) in [7, 11) is 0. The van der Waals surface area contributed by atoms with Gasteiger partial charge in [0, 0.05) is 24.7 Å². The Labute approximate surface area is 198 Å². The van der Waals surface area contributed by atoms with Crippen molar-refractivity contribution < 1.29 is 18.0 Å². The van der Waals surface area contributed by atoms with Gasteiger partial charge in [-0.3, -0.25) is 4.79 Å². The number of rotatable bonds is 6. The normalized spacial score (nSPS) is 19.3. The minimum absolute atomic E-state index is 0.0329. The van der Waals surface area contributed by atoms with Crippen LogP contribution in [-0.4, -0.2) is 18.5 Å². The van der Waals surface area contributed by atoms with Gasteiger partial charge in [-0.2, -0.15) is 13.2 Å². The topological polar surface area (TPSA) is 41.1 Å². The highest BCUT2D eigenvalue weighted by atomic mass is 35.5. The maximum atomic E-state index is 12.9. The number of carbonyl (C=O) groups is 1. The zero-order chi connectivity index (χ0) is 23.4. The molecule has 3 nitrogen and oxygen atoms in total. The molecule has 33 heavy (non-hydrogen) atoms. The van der Waals surface area contributed by atoms with Gasteiger partial charge >= 0.3 is 6.18 Å². The standard InChI is InChI=1S/C26H30ClF3N2O/c27-22-12-13-23-21(11-10-20(16-31-23)25(33)26(28,29)30)24(22)32-15-19-8-6-18(7-9-19)14-17-4-2-1-3-5-17/h6-9,12-13,17,20,31-32H,1-5,10-11,14-16H2. The van der Waals surface area contributed by atoms with Gasteiger partial charge in [0.1, 0.15) is 0 Å². The lowest BCUT2D eigenvalue weighted by molar-refractivity contribution is -0.175. The zero-order valence-electron chi connectivity index (χ0n) is 18.6. The zero-order valence-corrected chi connectivity index (χ0v) is 19.4. The molecular formula is C26H30ClF3N2O. The summed E-state index contributed by atoms with van der Waals surface area (Å²) in [6.07, 6.45) is 3.49. The van der Waals surface area contributed by atoms with Gasteiger partial charge in [-0.25, -0.2) is 0 Å². The molecular weight excluding hydrogens is 449 g/mol. The van der Waals surface area contributed by atoms with E-state index in [1.807, 2.05) is 0 Å². The van der Waals surface area contributed by atoms with Gasteiger partial charge < -0.3 is 10.6 Å². The number of Topliss-reactive ketones (excluding diaryl/α,β-unsaturated/α-hetero) is 1. The molecule has 0 saturated heterocycles. The smallest absolute Gasteiger partial charge is 0.384 e. The first kappa shape index (κ1) is 23.9. The number of alkyl halides is 3. The van der Waals surface area contributed by atoms with Crippen LogP contribution in [0.3, 0.4) is 0 Å². The lowest BCUT2D eigenvalue weighted by Crippen LogP contribution is -2.34. The molecule has 0 amide bonds. The van der Waals surface area contributed by atoms with Crippen LogP contribution in [0.2, 0.25) is 5.02 Å². The van der Waals surface area contributed by atoms with Crippen LogP contribution in [0.25, 0.3) is 0 Å². The third-order valence-electron chi connectivity index (χ3n) is 6.94. The summed E-state index contributed by atoms with van der Waals surface area (Å²) < 4.78 is 38.7. The molecule has 178 valence electrons. The summed E-state index contributed by atoms with van der Waals surface area (Å²) in [5.41, 5.74) is 4.74. The summed E-state index contributed by atoms with van der Waals surface area (Å²) in [6.45, 7) is 0.527. The minimum Gasteiger partial charge on any atom is -0.384 e. The average Bonchev–Trinajstić information content (AvgIpc) is 3.02. The average molecular weight is 479 g/mol. The van der Waals surface area contributed by atoms with E-state index in [4.69, 9.17) is 11.6 Å². The number of anilines is 2. The van der Waals surface area contributed by atoms with E-state index in [9.17, 15) is 18.0 Å². The van der Waals surface area contributed by atoms with Crippen LogP contribution in [0.15, 0.2) is 36.4 Å². The predicted molar refractivity (Wildman–Crippen MR) is 127 cm³/mol. The van der Waals surface area contributed by atoms with E-state index in [2.05, 4.69) is 34.9 Å². The molecule has 1 aliphatic carbocycles. The van der Waals surface area contributed by atoms with Crippen LogP contribution in [0.1, 0.15) is 55.2 Å². The SMILES string of the molecule is O=C(C1CCc2c(ccc(Cl)c2NCc2ccc(CC3CCCCC3)cc2)NC1)C(F)(F)F. The molecule has 1 fully saturated rings. The largest absolute Gasteiger partial charge is 0.450 e. The molecule has 2 aromatic carbocycles. The number of hydrogen-bond acceptors (Lipinski definition) is 3. The van der Waals surface area contributed by atoms with Crippen molar-refractivity contribution in [2.45, 2.75) is 64.1 Å². The number of hydrogen-bond donors (Lipinski definition) is 2. The molecule has 1 atom stereocenters. The number of benzene rings is 2. The number of nitrogens with one attached hydrogen (secondary N) is 2. The van der Waals surface area contributed by atoms with Crippen molar-refractivity contribution in [3.05, 3.63) is 58.1 Å². The first-order valence-corrected chi connectivity index (χ1v) is 12.2. The maximum absolute atomic E-state index is 12.9. The van der Waals surface area contributed by atoms with Crippen molar-refractivity contribution in [3.63, 3.8) is 0 Å². The molecule has 1 saturated carbocycles. The van der Waals surface area contributed by atoms with E-state index in [0.29, 0.717) is 23.7 Å². The van der Waals surface area contributed by atoms with Gasteiger partial charge in [0.25, 0.3) is 0 Å². The predicted octanol–water partition coefficient (Wildman–Crippen LogP) is 7.18. The lowest BCUT2D eigenvalue weighted by atomic mass is 9.85. The molecule has 1 aliphatic heterocycles. The summed E-state index contributed by atoms with van der Waals surface area (Å²) in [4.78, 5) is 11.7. The van der Waals surface area contributed by atoms with Crippen LogP contribution in [0.4, 0.5) is 24.5 Å². The highest BCUT2D eigenvalue weighted by Gasteiger charge is 2.43. The van der Waals surface area contributed by atoms with Crippen molar-refractivity contribution in [1.29, 1.82) is 0 Å². The van der Waals surface area contributed by atoms with Gasteiger partial charge in [0.15, 0.2) is 0 Å². The van der Waals surface area contributed by atoms with Crippen LogP contribution in [-0.2, 0) is 24.2 Å². The molecule has 2 N–H and O–H groups in total. The summed E-state index contributed by atoms with van der Waals surface area (Å²) in [6, 6.07) is 12.1. The van der Waals surface area contributed by atoms with Crippen LogP contribution >= 0.6 is 11.6 Å². The Bertz CT molecular complexity index is 969. The van der Waals surface area contributed by atoms with E-state index < -0.39 is 17.9 Å². The molecule has 0 spiro atoms. The molecule has 0 radical (unpaired) electrons. The molecule has 2 aromatic rings. The number of fused-ring (bicyclic) bond motifs is 1. The van der Waals surface area contributed by atoms with Crippen LogP contribution in [0, 0.1) is 11.8 Å². The third kappa shape index (κ3) is 6.03. The minimum atomic E-state index is -4.81. The fourth-order valence-corrected chi connectivity index (χ4v) is 5.30.